The van der Waals surface area contributed by atoms with E-state index in [1.165, 1.54) is 13.8 Å². The van der Waals surface area contributed by atoms with Crippen molar-refractivity contribution in [3.8, 4) is 0 Å². The lowest BCUT2D eigenvalue weighted by molar-refractivity contribution is -0.143. The van der Waals surface area contributed by atoms with Crippen LogP contribution in [0.3, 0.4) is 0 Å². The molecule has 0 unspecified atom stereocenters. The van der Waals surface area contributed by atoms with Gasteiger partial charge in [0.25, 0.3) is 0 Å². The summed E-state index contributed by atoms with van der Waals surface area (Å²) in [5.74, 6) is 0. The molecule has 0 N–H and O–H groups in total. The summed E-state index contributed by atoms with van der Waals surface area (Å²) in [7, 11) is -2.73. The smallest absolute Gasteiger partial charge is 0.166 e. The Labute approximate surface area is 203 Å². The molecule has 200 valence electrons. The molecular weight excluding hydrogens is 547 g/mol. The number of benzene rings is 3. The van der Waals surface area contributed by atoms with Gasteiger partial charge in [-0.3, -0.25) is 0 Å². The summed E-state index contributed by atoms with van der Waals surface area (Å²) in [6.07, 6.45) is -20.4. The van der Waals surface area contributed by atoms with Crippen molar-refractivity contribution >= 4 is 23.8 Å². The van der Waals surface area contributed by atoms with E-state index in [1.54, 1.807) is 0 Å². The van der Waals surface area contributed by atoms with E-state index in [1.807, 2.05) is 0 Å². The van der Waals surface area contributed by atoms with E-state index in [0.717, 1.165) is 12.1 Å². The number of halogens is 12. The Bertz CT molecular complexity index is 1200. The van der Waals surface area contributed by atoms with Gasteiger partial charge >= 0.3 is 24.7 Å². The first-order valence-electron chi connectivity index (χ1n) is 10.1. The lowest BCUT2D eigenvalue weighted by Gasteiger charge is -2.24. The maximum atomic E-state index is 13.5. The molecule has 0 aromatic heterocycles. The van der Waals surface area contributed by atoms with Gasteiger partial charge in [0.15, 0.2) is 0 Å². The van der Waals surface area contributed by atoms with Gasteiger partial charge in [-0.25, -0.2) is 0 Å². The monoisotopic (exact) mass is 562 g/mol. The van der Waals surface area contributed by atoms with Gasteiger partial charge in [0, 0.05) is 0 Å². The maximum Gasteiger partial charge on any atom is 0.416 e. The highest BCUT2D eigenvalue weighted by molar-refractivity contribution is 7.79. The van der Waals surface area contributed by atoms with Crippen LogP contribution in [-0.2, 0) is 24.7 Å². The van der Waals surface area contributed by atoms with Crippen molar-refractivity contribution in [2.24, 2.45) is 0 Å². The number of hydrogen-bond acceptors (Lipinski definition) is 0. The van der Waals surface area contributed by atoms with Gasteiger partial charge in [0.2, 0.25) is 0 Å². The van der Waals surface area contributed by atoms with Crippen molar-refractivity contribution in [2.75, 3.05) is 0 Å². The molecule has 0 spiro atoms. The molecule has 0 radical (unpaired) electrons. The molecule has 0 nitrogen and oxygen atoms in total. The maximum absolute atomic E-state index is 13.5. The van der Waals surface area contributed by atoms with Crippen LogP contribution >= 0.6 is 7.92 Å². The zero-order chi connectivity index (χ0) is 28.1. The summed E-state index contributed by atoms with van der Waals surface area (Å²) < 4.78 is 162. The molecule has 0 fully saturated rings. The standard InChI is InChI=1S/C24H15F12P/c1-12-3-14(21(25,26)27)8-18(5-12)37(19-6-13(2)4-15(9-19)22(28,29)30)20-10-16(23(31,32)33)7-17(11-20)24(34,35)36/h3-11H,1-2H3. The van der Waals surface area contributed by atoms with E-state index in [4.69, 9.17) is 0 Å². The Balaban J connectivity index is 2.45. The first kappa shape index (κ1) is 28.8. The Morgan fingerprint density at radius 2 is 0.622 bits per heavy atom. The molecule has 3 aromatic rings. The molecule has 0 amide bonds. The number of hydrogen-bond donors (Lipinski definition) is 0. The van der Waals surface area contributed by atoms with E-state index in [2.05, 4.69) is 0 Å². The minimum atomic E-state index is -5.27. The van der Waals surface area contributed by atoms with Crippen LogP contribution in [0.1, 0.15) is 33.4 Å². The summed E-state index contributed by atoms with van der Waals surface area (Å²) >= 11 is 0. The van der Waals surface area contributed by atoms with Gasteiger partial charge < -0.3 is 0 Å². The van der Waals surface area contributed by atoms with Crippen LogP contribution < -0.4 is 15.9 Å². The number of aryl methyl sites for hydroxylation is 2. The second kappa shape index (κ2) is 9.53. The quantitative estimate of drug-likeness (QED) is 0.223. The fourth-order valence-corrected chi connectivity index (χ4v) is 6.26. The minimum absolute atomic E-state index is 0.0379. The van der Waals surface area contributed by atoms with Crippen LogP contribution in [0.25, 0.3) is 0 Å². The second-order valence-electron chi connectivity index (χ2n) is 8.21. The normalized spacial score (nSPS) is 13.4. The average molecular weight is 562 g/mol. The van der Waals surface area contributed by atoms with Crippen molar-refractivity contribution < 1.29 is 52.7 Å². The van der Waals surface area contributed by atoms with Gasteiger partial charge in [-0.1, -0.05) is 12.1 Å². The molecule has 0 atom stereocenters. The molecule has 0 heterocycles. The van der Waals surface area contributed by atoms with E-state index >= 15 is 0 Å². The average Bonchev–Trinajstić information content (AvgIpc) is 2.70. The summed E-state index contributed by atoms with van der Waals surface area (Å²) in [4.78, 5) is 0. The van der Waals surface area contributed by atoms with Crippen molar-refractivity contribution in [1.82, 2.24) is 0 Å². The van der Waals surface area contributed by atoms with E-state index in [-0.39, 0.29) is 27.8 Å². The zero-order valence-electron chi connectivity index (χ0n) is 18.7. The van der Waals surface area contributed by atoms with Crippen molar-refractivity contribution in [2.45, 2.75) is 38.6 Å². The van der Waals surface area contributed by atoms with Crippen LogP contribution in [0, 0.1) is 13.8 Å². The zero-order valence-corrected chi connectivity index (χ0v) is 19.6. The molecule has 0 aliphatic rings. The van der Waals surface area contributed by atoms with Crippen LogP contribution in [0.4, 0.5) is 52.7 Å². The first-order valence-corrected chi connectivity index (χ1v) is 11.5. The van der Waals surface area contributed by atoms with Crippen LogP contribution in [0.5, 0.6) is 0 Å². The van der Waals surface area contributed by atoms with Gasteiger partial charge in [0.05, 0.1) is 22.3 Å². The molecule has 37 heavy (non-hydrogen) atoms. The predicted octanol–water partition coefficient (Wildman–Crippen LogP) is 8.14. The SMILES string of the molecule is Cc1cc(P(c2cc(C)cc(C(F)(F)F)c2)c2cc(C(F)(F)F)cc(C(F)(F)F)c2)cc(C(F)(F)F)c1. The largest absolute Gasteiger partial charge is 0.416 e. The summed E-state index contributed by atoms with van der Waals surface area (Å²) in [5, 5.41) is -1.45. The lowest BCUT2D eigenvalue weighted by Crippen LogP contribution is -2.26. The van der Waals surface area contributed by atoms with Gasteiger partial charge in [-0.2, -0.15) is 52.7 Å². The lowest BCUT2D eigenvalue weighted by atomic mass is 10.1. The summed E-state index contributed by atoms with van der Waals surface area (Å²) in [5.41, 5.74) is -6.05. The van der Waals surface area contributed by atoms with Gasteiger partial charge in [0.1, 0.15) is 0 Å². The van der Waals surface area contributed by atoms with Crippen molar-refractivity contribution in [3.63, 3.8) is 0 Å². The van der Waals surface area contributed by atoms with Crippen molar-refractivity contribution in [1.29, 1.82) is 0 Å². The molecule has 0 saturated heterocycles. The van der Waals surface area contributed by atoms with Gasteiger partial charge in [-0.15, -0.1) is 0 Å². The topological polar surface area (TPSA) is 0 Å². The number of alkyl halides is 12. The van der Waals surface area contributed by atoms with Crippen LogP contribution in [0.2, 0.25) is 0 Å². The highest BCUT2D eigenvalue weighted by atomic mass is 31.1. The van der Waals surface area contributed by atoms with E-state index in [9.17, 15) is 52.7 Å². The molecule has 0 aliphatic heterocycles. The van der Waals surface area contributed by atoms with Crippen molar-refractivity contribution in [3.05, 3.63) is 88.0 Å². The predicted molar refractivity (Wildman–Crippen MR) is 115 cm³/mol. The van der Waals surface area contributed by atoms with Crippen LogP contribution in [-0.4, -0.2) is 0 Å². The van der Waals surface area contributed by atoms with Crippen LogP contribution in [0.15, 0.2) is 54.6 Å². The molecule has 3 aromatic carbocycles. The molecular formula is C24H15F12P. The van der Waals surface area contributed by atoms with E-state index in [0.29, 0.717) is 36.4 Å². The molecule has 0 bridgehead atoms. The number of rotatable bonds is 3. The fraction of sp³-hybridized carbons (Fsp3) is 0.250. The highest BCUT2D eigenvalue weighted by Gasteiger charge is 2.39. The fourth-order valence-electron chi connectivity index (χ4n) is 3.63. The highest BCUT2D eigenvalue weighted by Crippen LogP contribution is 2.42. The Morgan fingerprint density at radius 3 is 0.892 bits per heavy atom. The molecule has 0 aliphatic carbocycles. The third-order valence-electron chi connectivity index (χ3n) is 5.13. The summed E-state index contributed by atoms with van der Waals surface area (Å²) in [6, 6.07) is 5.17. The second-order valence-corrected chi connectivity index (χ2v) is 10.4. The van der Waals surface area contributed by atoms with Gasteiger partial charge in [-0.05, 0) is 91.3 Å². The molecule has 13 heteroatoms. The summed E-state index contributed by atoms with van der Waals surface area (Å²) in [6.45, 7) is 2.44. The molecule has 0 saturated carbocycles. The molecule has 3 rings (SSSR count). The first-order chi connectivity index (χ1) is 16.7. The minimum Gasteiger partial charge on any atom is -0.166 e. The van der Waals surface area contributed by atoms with E-state index < -0.39 is 60.2 Å². The Morgan fingerprint density at radius 1 is 0.378 bits per heavy atom. The third-order valence-corrected chi connectivity index (χ3v) is 7.45. The Hall–Kier alpha value is -2.75. The Kier molecular flexibility index (Phi) is 7.42. The third kappa shape index (κ3) is 6.77.